The van der Waals surface area contributed by atoms with E-state index < -0.39 is 0 Å². The van der Waals surface area contributed by atoms with Crippen molar-refractivity contribution in [1.29, 1.82) is 0 Å². The molecule has 0 aliphatic carbocycles. The van der Waals surface area contributed by atoms with Gasteiger partial charge in [-0.15, -0.1) is 0 Å². The largest absolute Gasteiger partial charge is 0.459 e. The Hall–Kier alpha value is -1.37. The van der Waals surface area contributed by atoms with E-state index in [-0.39, 0.29) is 11.9 Å². The van der Waals surface area contributed by atoms with Crippen molar-refractivity contribution in [3.05, 3.63) is 23.7 Å². The van der Waals surface area contributed by atoms with Crippen molar-refractivity contribution in [1.82, 2.24) is 10.2 Å². The van der Waals surface area contributed by atoms with Gasteiger partial charge in [-0.2, -0.15) is 0 Å². The maximum absolute atomic E-state index is 12.2. The number of rotatable bonds is 7. The topological polar surface area (TPSA) is 63.9 Å². The first kappa shape index (κ1) is 17.5. The van der Waals surface area contributed by atoms with E-state index >= 15 is 0 Å². The summed E-state index contributed by atoms with van der Waals surface area (Å²) in [6, 6.07) is 2.04. The molecule has 0 radical (unpaired) electrons. The molecule has 0 saturated carbocycles. The van der Waals surface area contributed by atoms with Gasteiger partial charge in [-0.1, -0.05) is 0 Å². The average Bonchev–Trinajstić information content (AvgIpc) is 3.24. The van der Waals surface area contributed by atoms with Crippen LogP contribution < -0.4 is 5.32 Å². The molecule has 1 aromatic rings. The summed E-state index contributed by atoms with van der Waals surface area (Å²) in [4.78, 5) is 14.6. The molecule has 2 fully saturated rings. The molecule has 24 heavy (non-hydrogen) atoms. The second-order valence-corrected chi connectivity index (χ2v) is 6.73. The van der Waals surface area contributed by atoms with Crippen LogP contribution in [0.5, 0.6) is 0 Å². The van der Waals surface area contributed by atoms with Crippen molar-refractivity contribution in [2.75, 3.05) is 39.5 Å². The Balaban J connectivity index is 1.29. The first-order valence-corrected chi connectivity index (χ1v) is 8.99. The van der Waals surface area contributed by atoms with E-state index in [2.05, 4.69) is 10.2 Å². The molecular formula is C18H28N2O4. The number of nitrogens with zero attached hydrogens (tertiary/aromatic N) is 1. The second-order valence-electron chi connectivity index (χ2n) is 6.73. The fourth-order valence-corrected chi connectivity index (χ4v) is 3.34. The van der Waals surface area contributed by atoms with Crippen molar-refractivity contribution in [2.45, 2.75) is 44.8 Å². The van der Waals surface area contributed by atoms with Gasteiger partial charge in [0.15, 0.2) is 5.76 Å². The number of hydrogen-bond donors (Lipinski definition) is 1. The number of likely N-dealkylation sites (tertiary alicyclic amines) is 1. The summed E-state index contributed by atoms with van der Waals surface area (Å²) in [7, 11) is 0. The van der Waals surface area contributed by atoms with Gasteiger partial charge < -0.3 is 24.1 Å². The van der Waals surface area contributed by atoms with Gasteiger partial charge in [0.05, 0.1) is 25.6 Å². The molecule has 0 aromatic carbocycles. The summed E-state index contributed by atoms with van der Waals surface area (Å²) in [6.45, 7) is 7.17. The van der Waals surface area contributed by atoms with Crippen LogP contribution in [-0.4, -0.2) is 62.4 Å². The number of hydrogen-bond acceptors (Lipinski definition) is 5. The summed E-state index contributed by atoms with van der Waals surface area (Å²) < 4.78 is 16.5. The lowest BCUT2D eigenvalue weighted by molar-refractivity contribution is 0.00854. The van der Waals surface area contributed by atoms with E-state index in [9.17, 15) is 4.79 Å². The van der Waals surface area contributed by atoms with Gasteiger partial charge in [-0.25, -0.2) is 0 Å². The molecule has 3 heterocycles. The Morgan fingerprint density at radius 3 is 2.88 bits per heavy atom. The molecule has 6 heteroatoms. The molecule has 134 valence electrons. The lowest BCUT2D eigenvalue weighted by Gasteiger charge is -2.32. The van der Waals surface area contributed by atoms with E-state index in [1.165, 1.54) is 0 Å². The molecule has 2 aliphatic heterocycles. The molecule has 1 atom stereocenters. The Kier molecular flexibility index (Phi) is 6.29. The van der Waals surface area contributed by atoms with Gasteiger partial charge >= 0.3 is 0 Å². The monoisotopic (exact) mass is 336 g/mol. The van der Waals surface area contributed by atoms with Gasteiger partial charge in [0.2, 0.25) is 0 Å². The van der Waals surface area contributed by atoms with Crippen molar-refractivity contribution >= 4 is 5.91 Å². The predicted molar refractivity (Wildman–Crippen MR) is 90.2 cm³/mol. The van der Waals surface area contributed by atoms with Crippen LogP contribution >= 0.6 is 0 Å². The maximum atomic E-state index is 12.2. The van der Waals surface area contributed by atoms with Crippen LogP contribution in [0.2, 0.25) is 0 Å². The molecule has 1 amide bonds. The fourth-order valence-electron chi connectivity index (χ4n) is 3.34. The number of carbonyl (C=O) groups is 1. The van der Waals surface area contributed by atoms with Gasteiger partial charge in [0, 0.05) is 37.8 Å². The number of piperidine rings is 1. The second kappa shape index (κ2) is 8.65. The van der Waals surface area contributed by atoms with Crippen LogP contribution in [0.25, 0.3) is 0 Å². The highest BCUT2D eigenvalue weighted by Crippen LogP contribution is 2.14. The first-order valence-electron chi connectivity index (χ1n) is 8.99. The van der Waals surface area contributed by atoms with Crippen LogP contribution in [-0.2, 0) is 9.47 Å². The minimum Gasteiger partial charge on any atom is -0.459 e. The number of amides is 1. The summed E-state index contributed by atoms with van der Waals surface area (Å²) in [5.41, 5.74) is 0.883. The molecule has 2 aliphatic rings. The molecule has 0 unspecified atom stereocenters. The number of furan rings is 1. The Bertz CT molecular complexity index is 517. The predicted octanol–water partition coefficient (Wildman–Crippen LogP) is 1.98. The van der Waals surface area contributed by atoms with E-state index in [1.54, 1.807) is 6.26 Å². The minimum absolute atomic E-state index is 0.101. The Morgan fingerprint density at radius 2 is 2.21 bits per heavy atom. The molecule has 1 aromatic heterocycles. The van der Waals surface area contributed by atoms with Crippen LogP contribution in [0.4, 0.5) is 0 Å². The van der Waals surface area contributed by atoms with Gasteiger partial charge in [0.1, 0.15) is 0 Å². The number of nitrogens with one attached hydrogen (secondary N) is 1. The highest BCUT2D eigenvalue weighted by atomic mass is 16.5. The SMILES string of the molecule is Cc1ccoc1C(=O)NC1CCN(CCOC[C@@H]2CCCO2)CC1. The van der Waals surface area contributed by atoms with Gasteiger partial charge in [0.25, 0.3) is 5.91 Å². The third-order valence-corrected chi connectivity index (χ3v) is 4.87. The van der Waals surface area contributed by atoms with E-state index in [1.807, 2.05) is 13.0 Å². The van der Waals surface area contributed by atoms with Crippen LogP contribution in [0.3, 0.4) is 0 Å². The lowest BCUT2D eigenvalue weighted by Crippen LogP contribution is -2.45. The molecule has 2 saturated heterocycles. The maximum Gasteiger partial charge on any atom is 0.287 e. The molecule has 0 spiro atoms. The van der Waals surface area contributed by atoms with E-state index in [0.29, 0.717) is 11.9 Å². The van der Waals surface area contributed by atoms with Crippen LogP contribution in [0.15, 0.2) is 16.7 Å². The van der Waals surface area contributed by atoms with Crippen molar-refractivity contribution in [3.63, 3.8) is 0 Å². The van der Waals surface area contributed by atoms with Crippen molar-refractivity contribution < 1.29 is 18.7 Å². The average molecular weight is 336 g/mol. The van der Waals surface area contributed by atoms with Gasteiger partial charge in [-0.3, -0.25) is 4.79 Å². The van der Waals surface area contributed by atoms with Crippen molar-refractivity contribution in [3.8, 4) is 0 Å². The van der Waals surface area contributed by atoms with Crippen LogP contribution in [0.1, 0.15) is 41.8 Å². The normalized spacial score (nSPS) is 22.8. The highest BCUT2D eigenvalue weighted by molar-refractivity contribution is 5.92. The third-order valence-electron chi connectivity index (χ3n) is 4.87. The fraction of sp³-hybridized carbons (Fsp3) is 0.722. The Morgan fingerprint density at radius 1 is 1.38 bits per heavy atom. The minimum atomic E-state index is -0.101. The lowest BCUT2D eigenvalue weighted by atomic mass is 10.0. The first-order chi connectivity index (χ1) is 11.7. The summed E-state index contributed by atoms with van der Waals surface area (Å²) in [6.07, 6.45) is 6.08. The standard InChI is InChI=1S/C18H28N2O4/c1-14-6-11-24-17(14)18(21)19-15-4-7-20(8-5-15)9-12-22-13-16-3-2-10-23-16/h6,11,15-16H,2-5,7-10,12-13H2,1H3,(H,19,21)/t16-/m0/s1. The zero-order chi connectivity index (χ0) is 16.8. The van der Waals surface area contributed by atoms with E-state index in [4.69, 9.17) is 13.9 Å². The van der Waals surface area contributed by atoms with Crippen molar-refractivity contribution in [2.24, 2.45) is 0 Å². The third kappa shape index (κ3) is 4.82. The zero-order valence-corrected chi connectivity index (χ0v) is 14.5. The molecule has 3 rings (SSSR count). The number of carbonyl (C=O) groups excluding carboxylic acids is 1. The molecular weight excluding hydrogens is 308 g/mol. The summed E-state index contributed by atoms with van der Waals surface area (Å²) in [5, 5.41) is 3.08. The molecule has 6 nitrogen and oxygen atoms in total. The quantitative estimate of drug-likeness (QED) is 0.772. The Labute approximate surface area is 143 Å². The van der Waals surface area contributed by atoms with Crippen LogP contribution in [0, 0.1) is 6.92 Å². The highest BCUT2D eigenvalue weighted by Gasteiger charge is 2.23. The summed E-state index contributed by atoms with van der Waals surface area (Å²) >= 11 is 0. The van der Waals surface area contributed by atoms with E-state index in [0.717, 1.165) is 70.7 Å². The smallest absolute Gasteiger partial charge is 0.287 e. The zero-order valence-electron chi connectivity index (χ0n) is 14.5. The number of ether oxygens (including phenoxy) is 2. The molecule has 1 N–H and O–H groups in total. The number of aryl methyl sites for hydroxylation is 1. The molecule has 0 bridgehead atoms. The van der Waals surface area contributed by atoms with Gasteiger partial charge in [-0.05, 0) is 38.7 Å². The summed E-state index contributed by atoms with van der Waals surface area (Å²) in [5.74, 6) is 0.329.